The zero-order valence-corrected chi connectivity index (χ0v) is 13.1. The Kier molecular flexibility index (Phi) is 4.79. The highest BCUT2D eigenvalue weighted by Crippen LogP contribution is 2.15. The van der Waals surface area contributed by atoms with Crippen molar-refractivity contribution in [2.75, 3.05) is 19.4 Å². The monoisotopic (exact) mass is 332 g/mol. The molecule has 1 N–H and O–H groups in total. The molecule has 0 atom stereocenters. The Labute approximate surface area is 127 Å². The molecule has 0 saturated carbocycles. The van der Waals surface area contributed by atoms with E-state index in [0.717, 1.165) is 16.7 Å². The molecule has 104 valence electrons. The first-order valence-electron chi connectivity index (χ1n) is 6.36. The van der Waals surface area contributed by atoms with Crippen molar-refractivity contribution in [3.05, 3.63) is 64.1 Å². The number of nitrogens with one attached hydrogen (secondary N) is 1. The van der Waals surface area contributed by atoms with Gasteiger partial charge in [0.15, 0.2) is 0 Å². The standard InChI is InChI=1S/C16H17BrN2O/c1-19(2)16(20)13-6-4-8-15(10-13)18-11-12-5-3-7-14(17)9-12/h3-10,18H,11H2,1-2H3. The molecule has 1 amide bonds. The van der Waals surface area contributed by atoms with Crippen molar-refractivity contribution in [1.29, 1.82) is 0 Å². The second-order valence-corrected chi connectivity index (χ2v) is 5.68. The Hall–Kier alpha value is -1.81. The predicted octanol–water partition coefficient (Wildman–Crippen LogP) is 3.76. The molecule has 0 bridgehead atoms. The van der Waals surface area contributed by atoms with E-state index in [1.807, 2.05) is 36.4 Å². The van der Waals surface area contributed by atoms with Crippen LogP contribution in [-0.2, 0) is 6.54 Å². The number of nitrogens with zero attached hydrogens (tertiary/aromatic N) is 1. The van der Waals surface area contributed by atoms with Crippen LogP contribution in [0.4, 0.5) is 5.69 Å². The van der Waals surface area contributed by atoms with Gasteiger partial charge < -0.3 is 10.2 Å². The van der Waals surface area contributed by atoms with E-state index in [4.69, 9.17) is 0 Å². The van der Waals surface area contributed by atoms with Gasteiger partial charge in [-0.15, -0.1) is 0 Å². The maximum absolute atomic E-state index is 11.9. The number of hydrogen-bond acceptors (Lipinski definition) is 2. The molecule has 0 heterocycles. The molecule has 2 aromatic carbocycles. The third-order valence-corrected chi connectivity index (χ3v) is 3.39. The Morgan fingerprint density at radius 3 is 2.60 bits per heavy atom. The first-order chi connectivity index (χ1) is 9.56. The molecule has 3 nitrogen and oxygen atoms in total. The average Bonchev–Trinajstić information content (AvgIpc) is 2.44. The quantitative estimate of drug-likeness (QED) is 0.924. The van der Waals surface area contributed by atoms with Crippen LogP contribution in [0, 0.1) is 0 Å². The Bertz CT molecular complexity index is 611. The van der Waals surface area contributed by atoms with Gasteiger partial charge in [-0.1, -0.05) is 34.1 Å². The van der Waals surface area contributed by atoms with Crippen LogP contribution in [0.3, 0.4) is 0 Å². The Balaban J connectivity index is 2.07. The normalized spacial score (nSPS) is 10.2. The van der Waals surface area contributed by atoms with E-state index >= 15 is 0 Å². The lowest BCUT2D eigenvalue weighted by atomic mass is 10.1. The summed E-state index contributed by atoms with van der Waals surface area (Å²) in [6, 6.07) is 15.7. The van der Waals surface area contributed by atoms with Gasteiger partial charge in [-0.3, -0.25) is 4.79 Å². The second kappa shape index (κ2) is 6.57. The van der Waals surface area contributed by atoms with E-state index in [1.54, 1.807) is 19.0 Å². The minimum Gasteiger partial charge on any atom is -0.381 e. The zero-order chi connectivity index (χ0) is 14.5. The minimum absolute atomic E-state index is 0.0103. The molecule has 2 rings (SSSR count). The minimum atomic E-state index is 0.0103. The second-order valence-electron chi connectivity index (χ2n) is 4.76. The molecule has 0 saturated heterocycles. The number of amides is 1. The van der Waals surface area contributed by atoms with Gasteiger partial charge in [-0.05, 0) is 35.9 Å². The van der Waals surface area contributed by atoms with Gasteiger partial charge in [-0.25, -0.2) is 0 Å². The van der Waals surface area contributed by atoms with Gasteiger partial charge >= 0.3 is 0 Å². The number of halogens is 1. The van der Waals surface area contributed by atoms with Crippen LogP contribution < -0.4 is 5.32 Å². The summed E-state index contributed by atoms with van der Waals surface area (Å²) in [4.78, 5) is 13.5. The molecular weight excluding hydrogens is 316 g/mol. The van der Waals surface area contributed by atoms with Gasteiger partial charge in [0.1, 0.15) is 0 Å². The van der Waals surface area contributed by atoms with Crippen molar-refractivity contribution in [2.24, 2.45) is 0 Å². The predicted molar refractivity (Wildman–Crippen MR) is 85.9 cm³/mol. The highest BCUT2D eigenvalue weighted by atomic mass is 79.9. The molecule has 4 heteroatoms. The van der Waals surface area contributed by atoms with Gasteiger partial charge in [0.2, 0.25) is 0 Å². The molecule has 20 heavy (non-hydrogen) atoms. The summed E-state index contributed by atoms with van der Waals surface area (Å²) < 4.78 is 1.06. The molecule has 0 spiro atoms. The molecule has 0 aliphatic rings. The van der Waals surface area contributed by atoms with Crippen molar-refractivity contribution >= 4 is 27.5 Å². The third-order valence-electron chi connectivity index (χ3n) is 2.90. The highest BCUT2D eigenvalue weighted by molar-refractivity contribution is 9.10. The van der Waals surface area contributed by atoms with E-state index < -0.39 is 0 Å². The first kappa shape index (κ1) is 14.6. The number of hydrogen-bond donors (Lipinski definition) is 1. The maximum Gasteiger partial charge on any atom is 0.253 e. The summed E-state index contributed by atoms with van der Waals surface area (Å²) in [7, 11) is 3.51. The molecule has 0 radical (unpaired) electrons. The smallest absolute Gasteiger partial charge is 0.253 e. The van der Waals surface area contributed by atoms with Crippen molar-refractivity contribution < 1.29 is 4.79 Å². The van der Waals surface area contributed by atoms with E-state index in [2.05, 4.69) is 33.4 Å². The largest absolute Gasteiger partial charge is 0.381 e. The van der Waals surface area contributed by atoms with E-state index in [-0.39, 0.29) is 5.91 Å². The summed E-state index contributed by atoms with van der Waals surface area (Å²) in [5.41, 5.74) is 2.82. The van der Waals surface area contributed by atoms with Gasteiger partial charge in [0.25, 0.3) is 5.91 Å². The van der Waals surface area contributed by atoms with Crippen LogP contribution in [-0.4, -0.2) is 24.9 Å². The van der Waals surface area contributed by atoms with Crippen molar-refractivity contribution in [2.45, 2.75) is 6.54 Å². The number of rotatable bonds is 4. The lowest BCUT2D eigenvalue weighted by molar-refractivity contribution is 0.0827. The summed E-state index contributed by atoms with van der Waals surface area (Å²) in [5.74, 6) is 0.0103. The van der Waals surface area contributed by atoms with Crippen molar-refractivity contribution in [3.63, 3.8) is 0 Å². The molecule has 0 unspecified atom stereocenters. The topological polar surface area (TPSA) is 32.3 Å². The number of carbonyl (C=O) groups excluding carboxylic acids is 1. The van der Waals surface area contributed by atoms with E-state index in [0.29, 0.717) is 5.56 Å². The van der Waals surface area contributed by atoms with Crippen LogP contribution >= 0.6 is 15.9 Å². The van der Waals surface area contributed by atoms with Gasteiger partial charge in [-0.2, -0.15) is 0 Å². The SMILES string of the molecule is CN(C)C(=O)c1cccc(NCc2cccc(Br)c2)c1. The third kappa shape index (κ3) is 3.84. The first-order valence-corrected chi connectivity index (χ1v) is 7.15. The molecule has 2 aromatic rings. The fourth-order valence-corrected chi connectivity index (χ4v) is 2.32. The van der Waals surface area contributed by atoms with Crippen LogP contribution in [0.5, 0.6) is 0 Å². The Morgan fingerprint density at radius 1 is 1.15 bits per heavy atom. The summed E-state index contributed by atoms with van der Waals surface area (Å²) in [6.45, 7) is 0.721. The molecular formula is C16H17BrN2O. The summed E-state index contributed by atoms with van der Waals surface area (Å²) >= 11 is 3.46. The lowest BCUT2D eigenvalue weighted by Gasteiger charge is -2.12. The highest BCUT2D eigenvalue weighted by Gasteiger charge is 2.07. The van der Waals surface area contributed by atoms with Crippen LogP contribution in [0.2, 0.25) is 0 Å². The van der Waals surface area contributed by atoms with E-state index in [9.17, 15) is 4.79 Å². The number of carbonyl (C=O) groups is 1. The molecule has 0 fully saturated rings. The lowest BCUT2D eigenvalue weighted by Crippen LogP contribution is -2.21. The molecule has 0 aliphatic heterocycles. The maximum atomic E-state index is 11.9. The van der Waals surface area contributed by atoms with Crippen molar-refractivity contribution in [1.82, 2.24) is 4.90 Å². The van der Waals surface area contributed by atoms with Crippen LogP contribution in [0.15, 0.2) is 53.0 Å². The number of benzene rings is 2. The Morgan fingerprint density at radius 2 is 1.90 bits per heavy atom. The average molecular weight is 333 g/mol. The van der Waals surface area contributed by atoms with Crippen LogP contribution in [0.1, 0.15) is 15.9 Å². The van der Waals surface area contributed by atoms with Crippen LogP contribution in [0.25, 0.3) is 0 Å². The fraction of sp³-hybridized carbons (Fsp3) is 0.188. The molecule has 0 aromatic heterocycles. The molecule has 0 aliphatic carbocycles. The van der Waals surface area contributed by atoms with E-state index in [1.165, 1.54) is 5.56 Å². The van der Waals surface area contributed by atoms with Gasteiger partial charge in [0.05, 0.1) is 0 Å². The zero-order valence-electron chi connectivity index (χ0n) is 11.6. The van der Waals surface area contributed by atoms with Gasteiger partial charge in [0, 0.05) is 36.4 Å². The summed E-state index contributed by atoms with van der Waals surface area (Å²) in [5, 5.41) is 3.33. The number of anilines is 1. The van der Waals surface area contributed by atoms with Crippen molar-refractivity contribution in [3.8, 4) is 0 Å². The summed E-state index contributed by atoms with van der Waals surface area (Å²) in [6.07, 6.45) is 0. The fourth-order valence-electron chi connectivity index (χ4n) is 1.87.